The average Bonchev–Trinajstić information content (AvgIpc) is 2.80. The Labute approximate surface area is 200 Å². The molecule has 0 aromatic heterocycles. The molecule has 0 aliphatic heterocycles. The summed E-state index contributed by atoms with van der Waals surface area (Å²) in [4.78, 5) is 0. The van der Waals surface area contributed by atoms with Gasteiger partial charge >= 0.3 is 201 Å². The van der Waals surface area contributed by atoms with Crippen LogP contribution < -0.4 is 16.7 Å². The first kappa shape index (κ1) is 23.5. The first-order valence-electron chi connectivity index (χ1n) is 10.2. The van der Waals surface area contributed by atoms with Gasteiger partial charge in [-0.1, -0.05) is 0 Å². The van der Waals surface area contributed by atoms with Crippen molar-refractivity contribution in [3.63, 3.8) is 0 Å². The number of aliphatic hydroxyl groups is 1. The van der Waals surface area contributed by atoms with Crippen LogP contribution in [0, 0.1) is 0 Å². The maximum atomic E-state index is 9.56. The summed E-state index contributed by atoms with van der Waals surface area (Å²) in [6.45, 7) is 1.40. The predicted octanol–water partition coefficient (Wildman–Crippen LogP) is 3.61. The van der Waals surface area contributed by atoms with Crippen molar-refractivity contribution >= 4 is 49.1 Å². The number of hydrogen-bond acceptors (Lipinski definition) is 3. The van der Waals surface area contributed by atoms with E-state index in [2.05, 4.69) is 60.7 Å². The molecule has 0 amide bonds. The summed E-state index contributed by atoms with van der Waals surface area (Å²) in [6, 6.07) is 27.2. The van der Waals surface area contributed by atoms with E-state index < -0.39 is 0 Å². The molecule has 0 heterocycles. The molecule has 0 bridgehead atoms. The van der Waals surface area contributed by atoms with Crippen molar-refractivity contribution in [2.75, 3.05) is 13.2 Å². The van der Waals surface area contributed by atoms with Gasteiger partial charge in [0.1, 0.15) is 0 Å². The van der Waals surface area contributed by atoms with Crippen LogP contribution >= 0.6 is 0 Å². The van der Waals surface area contributed by atoms with Crippen LogP contribution in [0.4, 0.5) is 0 Å². The van der Waals surface area contributed by atoms with E-state index in [0.29, 0.717) is 13.2 Å². The van der Waals surface area contributed by atoms with Gasteiger partial charge in [0.2, 0.25) is 0 Å². The summed E-state index contributed by atoms with van der Waals surface area (Å²) in [7, 11) is 0. The molecule has 3 rings (SSSR count). The SMILES string of the molecule is OCc1cc(OCCC[Te]c2ccccc2)cc(OCCC[Te]c2ccccc2)c1. The summed E-state index contributed by atoms with van der Waals surface area (Å²) in [6.07, 6.45) is 2.11. The molecule has 3 nitrogen and oxygen atoms in total. The molecular weight excluding hydrogens is 603 g/mol. The molecule has 0 unspecified atom stereocenters. The molecule has 0 atom stereocenters. The number of benzene rings is 3. The van der Waals surface area contributed by atoms with Gasteiger partial charge in [0.15, 0.2) is 0 Å². The quantitative estimate of drug-likeness (QED) is 0.232. The van der Waals surface area contributed by atoms with E-state index >= 15 is 0 Å². The van der Waals surface area contributed by atoms with Crippen LogP contribution in [0.3, 0.4) is 0 Å². The number of hydrogen-bond donors (Lipinski definition) is 1. The Bertz CT molecular complexity index is 789. The Morgan fingerprint density at radius 1 is 0.633 bits per heavy atom. The molecule has 0 saturated heterocycles. The second kappa shape index (κ2) is 14.0. The van der Waals surface area contributed by atoms with Gasteiger partial charge in [-0.15, -0.1) is 0 Å². The molecule has 0 aliphatic rings. The van der Waals surface area contributed by atoms with Gasteiger partial charge in [0.25, 0.3) is 0 Å². The second-order valence-corrected chi connectivity index (χ2v) is 13.4. The van der Waals surface area contributed by atoms with E-state index in [0.717, 1.165) is 29.9 Å². The van der Waals surface area contributed by atoms with E-state index in [4.69, 9.17) is 9.47 Å². The zero-order valence-electron chi connectivity index (χ0n) is 17.0. The summed E-state index contributed by atoms with van der Waals surface area (Å²) in [5, 5.41) is 9.56. The normalized spacial score (nSPS) is 10.7. The third-order valence-corrected chi connectivity index (χ3v) is 10.5. The standard InChI is InChI=1S/C25H28O3Te2/c26-20-21-17-22(27-13-7-15-29-24-9-3-1-4-10-24)19-23(18-21)28-14-8-16-30-25-11-5-2-6-12-25/h1-6,9-12,17-19,26H,7-8,13-16,20H2. The fraction of sp³-hybridized carbons (Fsp3) is 0.280. The monoisotopic (exact) mass is 636 g/mol. The van der Waals surface area contributed by atoms with Crippen LogP contribution in [0.5, 0.6) is 11.5 Å². The topological polar surface area (TPSA) is 38.7 Å². The third-order valence-electron chi connectivity index (χ3n) is 4.26. The average molecular weight is 632 g/mol. The fourth-order valence-corrected chi connectivity index (χ4v) is 7.64. The van der Waals surface area contributed by atoms with E-state index in [1.165, 1.54) is 16.2 Å². The summed E-state index contributed by atoms with van der Waals surface area (Å²) >= 11 is -0.255. The van der Waals surface area contributed by atoms with Crippen LogP contribution in [0.1, 0.15) is 18.4 Å². The first-order chi connectivity index (χ1) is 14.8. The molecule has 3 aromatic rings. The predicted molar refractivity (Wildman–Crippen MR) is 126 cm³/mol. The van der Waals surface area contributed by atoms with Crippen molar-refractivity contribution < 1.29 is 14.6 Å². The summed E-state index contributed by atoms with van der Waals surface area (Å²) < 4.78 is 17.3. The molecule has 0 aliphatic carbocycles. The number of ether oxygens (including phenoxy) is 2. The molecular formula is C25H28O3Te2. The Morgan fingerprint density at radius 2 is 1.10 bits per heavy atom. The van der Waals surface area contributed by atoms with Gasteiger partial charge in [-0.3, -0.25) is 0 Å². The zero-order chi connectivity index (χ0) is 20.9. The van der Waals surface area contributed by atoms with Crippen LogP contribution in [-0.4, -0.2) is 60.2 Å². The second-order valence-electron chi connectivity index (χ2n) is 6.70. The Hall–Kier alpha value is -1.20. The van der Waals surface area contributed by atoms with Crippen molar-refractivity contribution in [1.29, 1.82) is 0 Å². The van der Waals surface area contributed by atoms with Gasteiger partial charge < -0.3 is 0 Å². The van der Waals surface area contributed by atoms with Crippen LogP contribution in [0.25, 0.3) is 0 Å². The van der Waals surface area contributed by atoms with E-state index in [1.54, 1.807) is 0 Å². The fourth-order valence-electron chi connectivity index (χ4n) is 2.80. The summed E-state index contributed by atoms with van der Waals surface area (Å²) in [5.41, 5.74) is 0.832. The molecule has 5 heteroatoms. The van der Waals surface area contributed by atoms with Gasteiger partial charge in [0, 0.05) is 0 Å². The molecule has 3 aromatic carbocycles. The molecule has 0 fully saturated rings. The zero-order valence-corrected chi connectivity index (χ0v) is 21.7. The maximum absolute atomic E-state index is 9.56. The molecule has 0 radical (unpaired) electrons. The molecule has 30 heavy (non-hydrogen) atoms. The number of rotatable bonds is 13. The number of aliphatic hydroxyl groups excluding tert-OH is 1. The summed E-state index contributed by atoms with van der Waals surface area (Å²) in [5.74, 6) is 1.57. The van der Waals surface area contributed by atoms with Crippen LogP contribution in [0.2, 0.25) is 8.94 Å². The van der Waals surface area contributed by atoms with Crippen molar-refractivity contribution in [2.24, 2.45) is 0 Å². The molecule has 158 valence electrons. The minimum atomic E-state index is -0.127. The minimum absolute atomic E-state index is 0.00544. The van der Waals surface area contributed by atoms with Gasteiger partial charge in [-0.2, -0.15) is 0 Å². The van der Waals surface area contributed by atoms with Crippen molar-refractivity contribution in [1.82, 2.24) is 0 Å². The Balaban J connectivity index is 1.38. The van der Waals surface area contributed by atoms with Crippen LogP contribution in [-0.2, 0) is 6.61 Å². The van der Waals surface area contributed by atoms with E-state index in [-0.39, 0.29) is 48.5 Å². The van der Waals surface area contributed by atoms with Gasteiger partial charge in [0.05, 0.1) is 0 Å². The van der Waals surface area contributed by atoms with Crippen LogP contribution in [0.15, 0.2) is 78.9 Å². The first-order valence-corrected chi connectivity index (χ1v) is 15.8. The van der Waals surface area contributed by atoms with Crippen molar-refractivity contribution in [2.45, 2.75) is 28.4 Å². The van der Waals surface area contributed by atoms with Crippen molar-refractivity contribution in [3.8, 4) is 11.5 Å². The Morgan fingerprint density at radius 3 is 1.53 bits per heavy atom. The molecule has 0 spiro atoms. The van der Waals surface area contributed by atoms with E-state index in [1.807, 2.05) is 18.2 Å². The third kappa shape index (κ3) is 8.89. The molecule has 0 saturated carbocycles. The van der Waals surface area contributed by atoms with E-state index in [9.17, 15) is 5.11 Å². The molecule has 1 N–H and O–H groups in total. The Kier molecular flexibility index (Phi) is 10.9. The van der Waals surface area contributed by atoms with Gasteiger partial charge in [-0.05, 0) is 0 Å². The van der Waals surface area contributed by atoms with Gasteiger partial charge in [-0.25, -0.2) is 0 Å². The van der Waals surface area contributed by atoms with Crippen molar-refractivity contribution in [3.05, 3.63) is 84.4 Å².